The van der Waals surface area contributed by atoms with Crippen LogP contribution in [0.25, 0.3) is 0 Å². The first-order chi connectivity index (χ1) is 5.97. The van der Waals surface area contributed by atoms with Gasteiger partial charge in [-0.1, -0.05) is 12.8 Å². The SMILES string of the molecule is C1CCC2OCCCC2C1.N.P.PP.[Ar].[Ar].[Ar]. The van der Waals surface area contributed by atoms with Crippen LogP contribution in [-0.2, 0) is 4.74 Å². The molecular weight excluding hydrogens is 351 g/mol. The Hall–Kier alpha value is 4.99. The molecule has 0 amide bonds. The van der Waals surface area contributed by atoms with E-state index in [2.05, 4.69) is 17.9 Å². The molecule has 5 atom stereocenters. The Kier molecular flexibility index (Phi) is 45.9. The van der Waals surface area contributed by atoms with E-state index in [1.165, 1.54) is 38.5 Å². The van der Waals surface area contributed by atoms with Crippen molar-refractivity contribution in [2.45, 2.75) is 44.6 Å². The summed E-state index contributed by atoms with van der Waals surface area (Å²) < 4.78 is 5.68. The summed E-state index contributed by atoms with van der Waals surface area (Å²) in [4.78, 5) is 0. The summed E-state index contributed by atoms with van der Waals surface area (Å²) in [5.41, 5.74) is 0. The van der Waals surface area contributed by atoms with Crippen molar-refractivity contribution in [3.8, 4) is 0 Å². The molecule has 17 heavy (non-hydrogen) atoms. The third kappa shape index (κ3) is 14.3. The van der Waals surface area contributed by atoms with Crippen LogP contribution >= 0.6 is 27.8 Å². The van der Waals surface area contributed by atoms with E-state index in [0.29, 0.717) is 6.10 Å². The van der Waals surface area contributed by atoms with Crippen LogP contribution < -0.4 is 6.15 Å². The van der Waals surface area contributed by atoms with E-state index >= 15 is 0 Å². The van der Waals surface area contributed by atoms with Gasteiger partial charge in [0.2, 0.25) is 0 Å². The Balaban J connectivity index is -0.0000000655. The van der Waals surface area contributed by atoms with E-state index in [4.69, 9.17) is 4.74 Å². The first-order valence-electron chi connectivity index (χ1n) is 4.92. The number of hydrogen-bond donors (Lipinski definition) is 1. The number of ether oxygens (including phenoxy) is 1. The van der Waals surface area contributed by atoms with E-state index < -0.39 is 0 Å². The zero-order valence-electron chi connectivity index (χ0n) is 10.1. The zero-order valence-corrected chi connectivity index (χ0v) is 16.0. The third-order valence-corrected chi connectivity index (χ3v) is 2.89. The maximum Gasteiger partial charge on any atom is 0.0603 e. The van der Waals surface area contributed by atoms with Crippen LogP contribution in [0.2, 0.25) is 0 Å². The Labute approximate surface area is 205 Å². The molecule has 0 aromatic rings. The second kappa shape index (κ2) is 23.3. The molecule has 2 rings (SSSR count). The Morgan fingerprint density at radius 3 is 1.82 bits per heavy atom. The maximum atomic E-state index is 5.68. The first kappa shape index (κ1) is 33.6. The molecule has 0 bridgehead atoms. The second-order valence-electron chi connectivity index (χ2n) is 3.60. The van der Waals surface area contributed by atoms with Crippen LogP contribution in [0.4, 0.5) is 0 Å². The van der Waals surface area contributed by atoms with Gasteiger partial charge in [0.1, 0.15) is 0 Å². The van der Waals surface area contributed by atoms with Gasteiger partial charge in [-0.2, -0.15) is 9.90 Å². The topological polar surface area (TPSA) is 44.2 Å². The largest absolute Gasteiger partial charge is 0.378 e. The first-order valence-corrected chi connectivity index (χ1v) is 7.58. The van der Waals surface area contributed by atoms with Crippen molar-refractivity contribution in [3.05, 3.63) is 0 Å². The maximum absolute atomic E-state index is 5.68. The summed E-state index contributed by atoms with van der Waals surface area (Å²) >= 11 is 0. The minimum atomic E-state index is 0. The van der Waals surface area contributed by atoms with Crippen molar-refractivity contribution in [1.82, 2.24) is 6.15 Å². The van der Waals surface area contributed by atoms with Crippen molar-refractivity contribution in [1.29, 1.82) is 0 Å². The van der Waals surface area contributed by atoms with Gasteiger partial charge in [-0.15, -0.1) is 17.9 Å². The molecule has 5 unspecified atom stereocenters. The summed E-state index contributed by atoms with van der Waals surface area (Å²) in [7, 11) is 4.67. The van der Waals surface area contributed by atoms with Crippen molar-refractivity contribution in [2.24, 2.45) is 5.92 Å². The molecule has 8 heteroatoms. The van der Waals surface area contributed by atoms with E-state index in [0.717, 1.165) is 12.5 Å². The summed E-state index contributed by atoms with van der Waals surface area (Å²) in [5.74, 6) is 0.933. The minimum absolute atomic E-state index is 0. The fraction of sp³-hybridized carbons (Fsp3) is 1.00. The average molecular weight is 377 g/mol. The third-order valence-electron chi connectivity index (χ3n) is 2.89. The fourth-order valence-corrected chi connectivity index (χ4v) is 2.30. The van der Waals surface area contributed by atoms with Crippen molar-refractivity contribution < 1.29 is 118 Å². The zero-order chi connectivity index (χ0) is 8.81. The molecule has 1 heterocycles. The molecule has 3 N–H and O–H groups in total. The molecule has 0 aromatic carbocycles. The predicted molar refractivity (Wildman–Crippen MR) is 76.5 cm³/mol. The summed E-state index contributed by atoms with van der Waals surface area (Å²) in [6, 6.07) is 0. The van der Waals surface area contributed by atoms with Crippen LogP contribution in [-0.4, -0.2) is 12.7 Å². The van der Waals surface area contributed by atoms with Gasteiger partial charge in [0.15, 0.2) is 0 Å². The van der Waals surface area contributed by atoms with E-state index in [1.54, 1.807) is 0 Å². The smallest absolute Gasteiger partial charge is 0.0603 e. The van der Waals surface area contributed by atoms with Crippen molar-refractivity contribution in [2.75, 3.05) is 6.61 Å². The molecule has 1 saturated heterocycles. The minimum Gasteiger partial charge on any atom is -0.378 e. The van der Waals surface area contributed by atoms with E-state index in [-0.39, 0.29) is 129 Å². The van der Waals surface area contributed by atoms with Gasteiger partial charge in [0.25, 0.3) is 0 Å². The molecule has 1 aliphatic heterocycles. The summed E-state index contributed by atoms with van der Waals surface area (Å²) in [5, 5.41) is 0. The van der Waals surface area contributed by atoms with Crippen molar-refractivity contribution in [3.63, 3.8) is 0 Å². The second-order valence-corrected chi connectivity index (χ2v) is 3.60. The Bertz CT molecular complexity index is 112. The van der Waals surface area contributed by atoms with Crippen LogP contribution in [0.3, 0.4) is 0 Å². The van der Waals surface area contributed by atoms with Crippen LogP contribution in [0, 0.1) is 119 Å². The standard InChI is InChI=1S/C9H16O.3Ar.H3N.H4P2.H3P/c1-2-6-9-8(4-1)5-3-7-10-9;;;;;1-2;/h8-9H,1-7H2;;;;1H3;1-2H2;1H3. The molecule has 2 aliphatic rings. The summed E-state index contributed by atoms with van der Waals surface area (Å²) in [6.45, 7) is 1.03. The predicted octanol–water partition coefficient (Wildman–Crippen LogP) is 3.23. The molecular formula is C9H26Ar3NOP3. The molecule has 2 nitrogen and oxygen atoms in total. The monoisotopic (exact) mass is 377 g/mol. The molecule has 0 radical (unpaired) electrons. The van der Waals surface area contributed by atoms with E-state index in [9.17, 15) is 0 Å². The molecule has 0 spiro atoms. The van der Waals surface area contributed by atoms with Gasteiger partial charge in [-0.25, -0.2) is 0 Å². The molecule has 2 fully saturated rings. The number of fused-ring (bicyclic) bond motifs is 1. The Morgan fingerprint density at radius 2 is 1.29 bits per heavy atom. The molecule has 1 saturated carbocycles. The Morgan fingerprint density at radius 1 is 0.824 bits per heavy atom. The van der Waals surface area contributed by atoms with Gasteiger partial charge in [0.05, 0.1) is 6.10 Å². The van der Waals surface area contributed by atoms with Crippen LogP contribution in [0.15, 0.2) is 0 Å². The molecule has 0 aromatic heterocycles. The number of hydrogen-bond acceptors (Lipinski definition) is 2. The van der Waals surface area contributed by atoms with Gasteiger partial charge < -0.3 is 10.9 Å². The summed E-state index contributed by atoms with van der Waals surface area (Å²) in [6.07, 6.45) is 9.02. The fourth-order valence-electron chi connectivity index (χ4n) is 2.30. The quantitative estimate of drug-likeness (QED) is 0.659. The molecule has 1 aliphatic carbocycles. The molecule has 112 valence electrons. The normalized spacial score (nSPS) is 24.4. The van der Waals surface area contributed by atoms with Gasteiger partial charge >= 0.3 is 0 Å². The van der Waals surface area contributed by atoms with Gasteiger partial charge in [-0.3, -0.25) is 0 Å². The number of rotatable bonds is 0. The van der Waals surface area contributed by atoms with Crippen molar-refractivity contribution >= 4 is 27.8 Å². The van der Waals surface area contributed by atoms with Gasteiger partial charge in [0, 0.05) is 120 Å². The van der Waals surface area contributed by atoms with Crippen LogP contribution in [0.1, 0.15) is 38.5 Å². The van der Waals surface area contributed by atoms with Crippen LogP contribution in [0.5, 0.6) is 0 Å². The average Bonchev–Trinajstić information content (AvgIpc) is 2.21. The van der Waals surface area contributed by atoms with E-state index in [1.807, 2.05) is 0 Å². The van der Waals surface area contributed by atoms with Gasteiger partial charge in [-0.05, 0) is 31.6 Å².